The summed E-state index contributed by atoms with van der Waals surface area (Å²) < 4.78 is 1.73. The van der Waals surface area contributed by atoms with Crippen LogP contribution in [0.25, 0.3) is 22.9 Å². The van der Waals surface area contributed by atoms with Crippen molar-refractivity contribution >= 4 is 12.0 Å². The fraction of sp³-hybridized carbons (Fsp3) is 0.261. The molecule has 1 aromatic carbocycles. The molecule has 3 rings (SSSR count). The van der Waals surface area contributed by atoms with Crippen LogP contribution in [0, 0.1) is 6.92 Å². The first kappa shape index (κ1) is 21.1. The molecule has 2 N–H and O–H groups in total. The predicted octanol–water partition coefficient (Wildman–Crippen LogP) is 4.96. The molecular weight excluding hydrogens is 348 g/mol. The molecule has 2 heterocycles. The van der Waals surface area contributed by atoms with E-state index in [0.717, 1.165) is 34.6 Å². The van der Waals surface area contributed by atoms with Gasteiger partial charge in [0.05, 0.1) is 11.4 Å². The minimum absolute atomic E-state index is 0.263. The van der Waals surface area contributed by atoms with Gasteiger partial charge in [-0.15, -0.1) is 0 Å². The molecule has 0 saturated carbocycles. The van der Waals surface area contributed by atoms with E-state index in [1.165, 1.54) is 5.56 Å². The number of hydrogen-bond acceptors (Lipinski definition) is 3. The largest absolute Gasteiger partial charge is 0.364 e. The van der Waals surface area contributed by atoms with Crippen molar-refractivity contribution in [3.8, 4) is 16.8 Å². The van der Waals surface area contributed by atoms with Gasteiger partial charge in [0, 0.05) is 17.5 Å². The molecule has 0 atom stereocenters. The Hall–Kier alpha value is -3.21. The zero-order valence-corrected chi connectivity index (χ0v) is 17.2. The van der Waals surface area contributed by atoms with Gasteiger partial charge >= 0.3 is 0 Å². The van der Waals surface area contributed by atoms with Gasteiger partial charge in [-0.1, -0.05) is 39.0 Å². The fourth-order valence-corrected chi connectivity index (χ4v) is 2.94. The summed E-state index contributed by atoms with van der Waals surface area (Å²) in [5.41, 5.74) is 11.6. The van der Waals surface area contributed by atoms with Gasteiger partial charge in [0.15, 0.2) is 5.69 Å². The number of allylic oxidation sites excluding steroid dienone is 1. The first-order chi connectivity index (χ1) is 13.5. The zero-order chi connectivity index (χ0) is 20.7. The van der Waals surface area contributed by atoms with Gasteiger partial charge in [0.2, 0.25) is 0 Å². The van der Waals surface area contributed by atoms with Crippen LogP contribution in [0.15, 0.2) is 48.7 Å². The quantitative estimate of drug-likeness (QED) is 0.684. The van der Waals surface area contributed by atoms with Gasteiger partial charge in [0.1, 0.15) is 0 Å². The molecule has 1 amide bonds. The third kappa shape index (κ3) is 4.55. The normalized spacial score (nSPS) is 10.6. The second-order valence-corrected chi connectivity index (χ2v) is 6.12. The number of hydrogen-bond donors (Lipinski definition) is 1. The maximum Gasteiger partial charge on any atom is 0.269 e. The summed E-state index contributed by atoms with van der Waals surface area (Å²) in [5, 5.41) is 4.30. The number of nitrogens with two attached hydrogens (primary N) is 1. The minimum atomic E-state index is -0.528. The van der Waals surface area contributed by atoms with Crippen LogP contribution >= 0.6 is 0 Å². The summed E-state index contributed by atoms with van der Waals surface area (Å²) in [4.78, 5) is 16.0. The maximum atomic E-state index is 11.4. The lowest BCUT2D eigenvalue weighted by Gasteiger charge is -2.10. The maximum absolute atomic E-state index is 11.4. The number of rotatable bonds is 5. The average molecular weight is 377 g/mol. The minimum Gasteiger partial charge on any atom is -0.364 e. The van der Waals surface area contributed by atoms with Gasteiger partial charge in [0.25, 0.3) is 5.91 Å². The third-order valence-electron chi connectivity index (χ3n) is 4.27. The molecule has 0 spiro atoms. The van der Waals surface area contributed by atoms with Crippen LogP contribution in [0.1, 0.15) is 55.1 Å². The highest BCUT2D eigenvalue weighted by Gasteiger charge is 2.11. The van der Waals surface area contributed by atoms with E-state index in [4.69, 9.17) is 5.73 Å². The van der Waals surface area contributed by atoms with Crippen LogP contribution in [0.2, 0.25) is 0 Å². The molecule has 0 saturated heterocycles. The molecule has 28 heavy (non-hydrogen) atoms. The number of aromatic nitrogens is 3. The Kier molecular flexibility index (Phi) is 7.27. The van der Waals surface area contributed by atoms with E-state index >= 15 is 0 Å². The Morgan fingerprint density at radius 1 is 1.18 bits per heavy atom. The van der Waals surface area contributed by atoms with Gasteiger partial charge in [-0.25, -0.2) is 4.68 Å². The molecule has 0 unspecified atom stereocenters. The molecule has 5 heteroatoms. The molecule has 0 fully saturated rings. The molecule has 0 bridgehead atoms. The lowest BCUT2D eigenvalue weighted by Crippen LogP contribution is -2.12. The number of carbonyl (C=O) groups excluding carboxylic acids is 1. The summed E-state index contributed by atoms with van der Waals surface area (Å²) in [6.07, 6.45) is 6.83. The van der Waals surface area contributed by atoms with Crippen LogP contribution in [-0.4, -0.2) is 20.7 Å². The molecule has 3 aromatic rings. The predicted molar refractivity (Wildman–Crippen MR) is 115 cm³/mol. The molecule has 2 aromatic heterocycles. The van der Waals surface area contributed by atoms with Gasteiger partial charge in [-0.2, -0.15) is 5.10 Å². The number of amides is 1. The van der Waals surface area contributed by atoms with Crippen molar-refractivity contribution in [3.05, 3.63) is 71.3 Å². The number of aryl methyl sites for hydroxylation is 2. The highest BCUT2D eigenvalue weighted by atomic mass is 16.1. The van der Waals surface area contributed by atoms with Gasteiger partial charge in [-0.3, -0.25) is 9.78 Å². The first-order valence-electron chi connectivity index (χ1n) is 9.62. The highest BCUT2D eigenvalue weighted by Crippen LogP contribution is 2.25. The first-order valence-corrected chi connectivity index (χ1v) is 9.62. The van der Waals surface area contributed by atoms with Crippen molar-refractivity contribution in [2.24, 2.45) is 5.73 Å². The van der Waals surface area contributed by atoms with E-state index in [9.17, 15) is 4.79 Å². The number of primary amides is 1. The average Bonchev–Trinajstić information content (AvgIpc) is 3.12. The number of nitrogens with zero attached hydrogens (tertiary/aromatic N) is 3. The van der Waals surface area contributed by atoms with E-state index in [2.05, 4.69) is 23.1 Å². The topological polar surface area (TPSA) is 73.8 Å². The SMILES string of the molecule is C/C=C\c1ncc(-c2cccc(-n3nc(C(N)=O)cc3C)c2)cc1CC.CC. The summed E-state index contributed by atoms with van der Waals surface area (Å²) >= 11 is 0. The standard InChI is InChI=1S/C21H22N4O.C2H6/c1-4-7-19-15(5-2)11-17(13-23-19)16-8-6-9-18(12-16)25-14(3)10-20(24-25)21(22)26;1-2/h4,6-13H,5H2,1-3H3,(H2,22,26);1-2H3/b7-4-;. The summed E-state index contributed by atoms with van der Waals surface area (Å²) in [7, 11) is 0. The van der Waals surface area contributed by atoms with Gasteiger partial charge < -0.3 is 5.73 Å². The van der Waals surface area contributed by atoms with Crippen molar-refractivity contribution in [2.75, 3.05) is 0 Å². The Labute approximate surface area is 166 Å². The second-order valence-electron chi connectivity index (χ2n) is 6.12. The van der Waals surface area contributed by atoms with Crippen molar-refractivity contribution in [2.45, 2.75) is 41.0 Å². The van der Waals surface area contributed by atoms with E-state index < -0.39 is 5.91 Å². The Morgan fingerprint density at radius 2 is 1.93 bits per heavy atom. The highest BCUT2D eigenvalue weighted by molar-refractivity contribution is 5.90. The fourth-order valence-electron chi connectivity index (χ4n) is 2.94. The molecule has 5 nitrogen and oxygen atoms in total. The molecule has 0 aliphatic carbocycles. The monoisotopic (exact) mass is 376 g/mol. The van der Waals surface area contributed by atoms with Crippen molar-refractivity contribution in [1.29, 1.82) is 0 Å². The van der Waals surface area contributed by atoms with Gasteiger partial charge in [-0.05, 0) is 61.7 Å². The Morgan fingerprint density at radius 3 is 2.54 bits per heavy atom. The smallest absolute Gasteiger partial charge is 0.269 e. The molecule has 0 aliphatic heterocycles. The van der Waals surface area contributed by atoms with Crippen molar-refractivity contribution in [3.63, 3.8) is 0 Å². The molecule has 0 radical (unpaired) electrons. The summed E-state index contributed by atoms with van der Waals surface area (Å²) in [5.74, 6) is -0.528. The van der Waals surface area contributed by atoms with Crippen molar-refractivity contribution in [1.82, 2.24) is 14.8 Å². The van der Waals surface area contributed by atoms with Crippen molar-refractivity contribution < 1.29 is 4.79 Å². The van der Waals surface area contributed by atoms with E-state index in [0.29, 0.717) is 0 Å². The van der Waals surface area contributed by atoms with Crippen LogP contribution in [0.4, 0.5) is 0 Å². The molecule has 0 aliphatic rings. The van der Waals surface area contributed by atoms with Crippen LogP contribution in [-0.2, 0) is 6.42 Å². The summed E-state index contributed by atoms with van der Waals surface area (Å²) in [6.45, 7) is 10.0. The van der Waals surface area contributed by atoms with E-state index in [-0.39, 0.29) is 5.69 Å². The van der Waals surface area contributed by atoms with E-state index in [1.807, 2.05) is 70.3 Å². The summed E-state index contributed by atoms with van der Waals surface area (Å²) in [6, 6.07) is 11.9. The lowest BCUT2D eigenvalue weighted by atomic mass is 10.0. The lowest BCUT2D eigenvalue weighted by molar-refractivity contribution is 0.0995. The zero-order valence-electron chi connectivity index (χ0n) is 17.2. The number of benzene rings is 1. The van der Waals surface area contributed by atoms with E-state index in [1.54, 1.807) is 10.7 Å². The molecular formula is C23H28N4O. The van der Waals surface area contributed by atoms with Crippen LogP contribution < -0.4 is 5.73 Å². The second kappa shape index (κ2) is 9.65. The number of carbonyl (C=O) groups is 1. The third-order valence-corrected chi connectivity index (χ3v) is 4.27. The van der Waals surface area contributed by atoms with Crippen LogP contribution in [0.3, 0.4) is 0 Å². The molecule has 146 valence electrons. The van der Waals surface area contributed by atoms with Crippen LogP contribution in [0.5, 0.6) is 0 Å². The number of pyridine rings is 1. The Bertz CT molecular complexity index is 986. The Balaban J connectivity index is 0.00000136.